The number of hydrogen-bond acceptors (Lipinski definition) is 6. The highest BCUT2D eigenvalue weighted by Gasteiger charge is 2.24. The van der Waals surface area contributed by atoms with Gasteiger partial charge in [-0.25, -0.2) is 9.97 Å². The molecule has 1 atom stereocenters. The molecule has 0 fully saturated rings. The lowest BCUT2D eigenvalue weighted by Crippen LogP contribution is -2.22. The molecule has 136 valence electrons. The summed E-state index contributed by atoms with van der Waals surface area (Å²) in [5.41, 5.74) is 3.00. The Labute approximate surface area is 162 Å². The van der Waals surface area contributed by atoms with Gasteiger partial charge in [0, 0.05) is 24.6 Å². The van der Waals surface area contributed by atoms with E-state index in [2.05, 4.69) is 46.0 Å². The van der Waals surface area contributed by atoms with Gasteiger partial charge in [0.1, 0.15) is 5.52 Å². The van der Waals surface area contributed by atoms with E-state index in [1.807, 2.05) is 0 Å². The molecule has 0 radical (unpaired) electrons. The first-order valence-corrected chi connectivity index (χ1v) is 8.94. The lowest BCUT2D eigenvalue weighted by molar-refractivity contribution is 0.401. The van der Waals surface area contributed by atoms with Crippen molar-refractivity contribution in [3.8, 4) is 17.1 Å². The second kappa shape index (κ2) is 7.60. The average Bonchev–Trinajstić information content (AvgIpc) is 2.61. The Balaban J connectivity index is 2.34. The third-order valence-electron chi connectivity index (χ3n) is 4.20. The Morgan fingerprint density at radius 1 is 1.08 bits per heavy atom. The number of halogens is 2. The number of aromatic nitrogens is 4. The zero-order valence-corrected chi connectivity index (χ0v) is 16.4. The molecule has 0 aromatic carbocycles. The maximum atomic E-state index is 6.42. The Morgan fingerprint density at radius 3 is 2.46 bits per heavy atom. The molecular formula is C18H19Cl2N5O. The third-order valence-corrected chi connectivity index (χ3v) is 4.69. The van der Waals surface area contributed by atoms with Crippen LogP contribution in [0.2, 0.25) is 10.0 Å². The maximum absolute atomic E-state index is 6.42. The molecule has 3 heterocycles. The molecule has 0 amide bonds. The summed E-state index contributed by atoms with van der Waals surface area (Å²) in [6.07, 6.45) is 4.76. The molecule has 26 heavy (non-hydrogen) atoms. The second-order valence-corrected chi connectivity index (χ2v) is 7.10. The Morgan fingerprint density at radius 2 is 1.81 bits per heavy atom. The summed E-state index contributed by atoms with van der Waals surface area (Å²) in [6.45, 7) is 6.37. The molecular weight excluding hydrogens is 373 g/mol. The van der Waals surface area contributed by atoms with Gasteiger partial charge in [0.25, 0.3) is 0 Å². The number of nitrogens with one attached hydrogen (secondary N) is 1. The topological polar surface area (TPSA) is 72.8 Å². The van der Waals surface area contributed by atoms with Crippen LogP contribution in [0, 0.1) is 5.92 Å². The van der Waals surface area contributed by atoms with E-state index in [1.165, 1.54) is 0 Å². The minimum Gasteiger partial charge on any atom is -0.480 e. The molecule has 3 aromatic rings. The summed E-state index contributed by atoms with van der Waals surface area (Å²) < 4.78 is 5.53. The fraction of sp³-hybridized carbons (Fsp3) is 0.333. The van der Waals surface area contributed by atoms with Crippen molar-refractivity contribution in [3.63, 3.8) is 0 Å². The first kappa shape index (κ1) is 18.6. The van der Waals surface area contributed by atoms with E-state index in [1.54, 1.807) is 31.8 Å². The first-order chi connectivity index (χ1) is 12.4. The SMILES string of the molecule is COc1nc2nccnc2c(N[C@H](C)C(C)C)c1-c1ncc(Cl)cc1Cl. The molecule has 0 spiro atoms. The van der Waals surface area contributed by atoms with Crippen molar-refractivity contribution in [2.24, 2.45) is 5.92 Å². The molecule has 3 rings (SSSR count). The maximum Gasteiger partial charge on any atom is 0.227 e. The molecule has 0 unspecified atom stereocenters. The van der Waals surface area contributed by atoms with Crippen molar-refractivity contribution in [1.29, 1.82) is 0 Å². The predicted octanol–water partition coefficient (Wildman–Crippen LogP) is 4.86. The van der Waals surface area contributed by atoms with Gasteiger partial charge >= 0.3 is 0 Å². The molecule has 0 aliphatic carbocycles. The number of pyridine rings is 2. The highest BCUT2D eigenvalue weighted by molar-refractivity contribution is 6.36. The van der Waals surface area contributed by atoms with E-state index in [0.29, 0.717) is 44.3 Å². The van der Waals surface area contributed by atoms with E-state index < -0.39 is 0 Å². The van der Waals surface area contributed by atoms with Gasteiger partial charge in [-0.15, -0.1) is 0 Å². The monoisotopic (exact) mass is 391 g/mol. The normalized spacial score (nSPS) is 12.4. The standard InChI is InChI=1S/C18H19Cl2N5O/c1-9(2)10(3)24-15-13(14-12(20)7-11(19)8-23-14)18(26-4)25-17-16(15)21-5-6-22-17/h5-10H,1-4H3,(H,22,24,25)/t10-/m1/s1. The van der Waals surface area contributed by atoms with Gasteiger partial charge in [-0.05, 0) is 18.9 Å². The molecule has 6 nitrogen and oxygen atoms in total. The van der Waals surface area contributed by atoms with Crippen molar-refractivity contribution in [3.05, 3.63) is 34.7 Å². The predicted molar refractivity (Wildman–Crippen MR) is 105 cm³/mol. The van der Waals surface area contributed by atoms with Crippen LogP contribution in [0.4, 0.5) is 5.69 Å². The van der Waals surface area contributed by atoms with Gasteiger partial charge in [0.15, 0.2) is 5.65 Å². The van der Waals surface area contributed by atoms with Crippen LogP contribution in [-0.4, -0.2) is 33.1 Å². The lowest BCUT2D eigenvalue weighted by Gasteiger charge is -2.23. The van der Waals surface area contributed by atoms with Gasteiger partial charge in [0.2, 0.25) is 5.88 Å². The highest BCUT2D eigenvalue weighted by Crippen LogP contribution is 2.42. The molecule has 0 saturated carbocycles. The van der Waals surface area contributed by atoms with Crippen LogP contribution >= 0.6 is 23.2 Å². The smallest absolute Gasteiger partial charge is 0.227 e. The molecule has 1 N–H and O–H groups in total. The Bertz CT molecular complexity index is 948. The molecule has 3 aromatic heterocycles. The molecule has 0 saturated heterocycles. The summed E-state index contributed by atoms with van der Waals surface area (Å²) in [4.78, 5) is 17.7. The van der Waals surface area contributed by atoms with E-state index in [0.717, 1.165) is 5.69 Å². The summed E-state index contributed by atoms with van der Waals surface area (Å²) in [7, 11) is 1.55. The number of rotatable bonds is 5. The number of anilines is 1. The fourth-order valence-electron chi connectivity index (χ4n) is 2.47. The van der Waals surface area contributed by atoms with Crippen LogP contribution < -0.4 is 10.1 Å². The fourth-order valence-corrected chi connectivity index (χ4v) is 2.94. The van der Waals surface area contributed by atoms with Gasteiger partial charge in [0.05, 0.1) is 34.1 Å². The molecule has 0 bridgehead atoms. The quantitative estimate of drug-likeness (QED) is 0.669. The molecule has 0 aliphatic heterocycles. The van der Waals surface area contributed by atoms with Gasteiger partial charge in [-0.1, -0.05) is 37.0 Å². The summed E-state index contributed by atoms with van der Waals surface area (Å²) in [5.74, 6) is 0.760. The Kier molecular flexibility index (Phi) is 5.44. The summed E-state index contributed by atoms with van der Waals surface area (Å²) in [6, 6.07) is 1.80. The first-order valence-electron chi connectivity index (χ1n) is 8.19. The Hall–Kier alpha value is -2.18. The molecule has 8 heteroatoms. The van der Waals surface area contributed by atoms with Crippen LogP contribution in [0.3, 0.4) is 0 Å². The summed E-state index contributed by atoms with van der Waals surface area (Å²) in [5, 5.41) is 4.37. The highest BCUT2D eigenvalue weighted by atomic mass is 35.5. The number of hydrogen-bond donors (Lipinski definition) is 1. The van der Waals surface area contributed by atoms with Gasteiger partial charge in [-0.3, -0.25) is 4.98 Å². The summed E-state index contributed by atoms with van der Waals surface area (Å²) >= 11 is 12.4. The van der Waals surface area contributed by atoms with Crippen molar-refractivity contribution in [2.45, 2.75) is 26.8 Å². The van der Waals surface area contributed by atoms with Crippen LogP contribution in [0.15, 0.2) is 24.7 Å². The number of methoxy groups -OCH3 is 1. The van der Waals surface area contributed by atoms with E-state index in [4.69, 9.17) is 27.9 Å². The lowest BCUT2D eigenvalue weighted by atomic mass is 10.0. The third kappa shape index (κ3) is 3.52. The number of nitrogens with zero attached hydrogens (tertiary/aromatic N) is 4. The van der Waals surface area contributed by atoms with E-state index in [-0.39, 0.29) is 6.04 Å². The van der Waals surface area contributed by atoms with Crippen LogP contribution in [0.25, 0.3) is 22.4 Å². The van der Waals surface area contributed by atoms with Crippen molar-refractivity contribution in [1.82, 2.24) is 19.9 Å². The largest absolute Gasteiger partial charge is 0.480 e. The van der Waals surface area contributed by atoms with Gasteiger partial charge in [-0.2, -0.15) is 4.98 Å². The molecule has 0 aliphatic rings. The van der Waals surface area contributed by atoms with Crippen molar-refractivity contribution in [2.75, 3.05) is 12.4 Å². The average molecular weight is 392 g/mol. The number of ether oxygens (including phenoxy) is 1. The minimum absolute atomic E-state index is 0.164. The minimum atomic E-state index is 0.164. The zero-order chi connectivity index (χ0) is 18.8. The van der Waals surface area contributed by atoms with Crippen LogP contribution in [0.5, 0.6) is 5.88 Å². The van der Waals surface area contributed by atoms with Crippen LogP contribution in [-0.2, 0) is 0 Å². The van der Waals surface area contributed by atoms with Gasteiger partial charge < -0.3 is 10.1 Å². The van der Waals surface area contributed by atoms with E-state index in [9.17, 15) is 0 Å². The van der Waals surface area contributed by atoms with E-state index >= 15 is 0 Å². The second-order valence-electron chi connectivity index (χ2n) is 6.26. The van der Waals surface area contributed by atoms with Crippen LogP contribution in [0.1, 0.15) is 20.8 Å². The van der Waals surface area contributed by atoms with Crippen molar-refractivity contribution >= 4 is 40.1 Å². The van der Waals surface area contributed by atoms with Crippen molar-refractivity contribution < 1.29 is 4.74 Å². The zero-order valence-electron chi connectivity index (χ0n) is 14.9. The number of fused-ring (bicyclic) bond motifs is 1.